The summed E-state index contributed by atoms with van der Waals surface area (Å²) < 4.78 is 52.2. The third kappa shape index (κ3) is 6.84. The maximum absolute atomic E-state index is 13.3. The number of anilines is 2. The van der Waals surface area contributed by atoms with Crippen molar-refractivity contribution in [1.29, 1.82) is 0 Å². The second-order valence-corrected chi connectivity index (χ2v) is 10.1. The van der Waals surface area contributed by atoms with Crippen LogP contribution in [0.2, 0.25) is 0 Å². The van der Waals surface area contributed by atoms with Crippen molar-refractivity contribution < 1.29 is 37.0 Å². The molecule has 2 aromatic rings. The first-order valence-corrected chi connectivity index (χ1v) is 12.4. The summed E-state index contributed by atoms with van der Waals surface area (Å²) in [7, 11) is 0.914. The summed E-state index contributed by atoms with van der Waals surface area (Å²) >= 11 is 0. The number of alkyl halides is 3. The molecule has 0 bridgehead atoms. The first-order valence-electron chi connectivity index (χ1n) is 12.4. The second-order valence-electron chi connectivity index (χ2n) is 10.1. The lowest BCUT2D eigenvalue weighted by atomic mass is 9.98. The van der Waals surface area contributed by atoms with Crippen LogP contribution >= 0.6 is 0 Å². The fourth-order valence-electron chi connectivity index (χ4n) is 4.24. The van der Waals surface area contributed by atoms with E-state index in [1.165, 1.54) is 4.57 Å². The number of halogens is 3. The molecule has 0 aliphatic carbocycles. The van der Waals surface area contributed by atoms with Crippen molar-refractivity contribution in [1.82, 2.24) is 9.55 Å². The van der Waals surface area contributed by atoms with Gasteiger partial charge < -0.3 is 14.4 Å². The average molecular weight is 539 g/mol. The van der Waals surface area contributed by atoms with Crippen molar-refractivity contribution in [2.45, 2.75) is 58.9 Å². The van der Waals surface area contributed by atoms with Crippen LogP contribution in [-0.2, 0) is 25.6 Å². The number of imidazole rings is 1. The molecule has 2 heterocycles. The molecule has 0 spiro atoms. The molecule has 0 radical (unpaired) electrons. The van der Waals surface area contributed by atoms with Crippen molar-refractivity contribution >= 4 is 29.6 Å². The zero-order valence-electron chi connectivity index (χ0n) is 22.2. The van der Waals surface area contributed by atoms with Gasteiger partial charge >= 0.3 is 24.0 Å². The minimum atomic E-state index is -5.18. The summed E-state index contributed by atoms with van der Waals surface area (Å²) in [5, 5.41) is 0. The Labute approximate surface area is 219 Å². The summed E-state index contributed by atoms with van der Waals surface area (Å²) in [4.78, 5) is 44.5. The predicted molar refractivity (Wildman–Crippen MR) is 134 cm³/mol. The van der Waals surface area contributed by atoms with Crippen molar-refractivity contribution in [3.05, 3.63) is 41.6 Å². The van der Waals surface area contributed by atoms with Crippen molar-refractivity contribution in [3.8, 4) is 0 Å². The highest BCUT2D eigenvalue weighted by atomic mass is 19.4. The number of nitrogens with zero attached hydrogens (tertiary/aromatic N) is 4. The lowest BCUT2D eigenvalue weighted by Gasteiger charge is -2.34. The third-order valence-electron chi connectivity index (χ3n) is 5.89. The molecule has 9 nitrogen and oxygen atoms in total. The smallest absolute Gasteiger partial charge is 0.461 e. The van der Waals surface area contributed by atoms with Gasteiger partial charge in [0.05, 0.1) is 19.1 Å². The minimum absolute atomic E-state index is 0.0362. The highest BCUT2D eigenvalue weighted by molar-refractivity contribution is 6.02. The molecule has 208 valence electrons. The van der Waals surface area contributed by atoms with Crippen molar-refractivity contribution in [2.24, 2.45) is 5.92 Å². The number of aromatic nitrogens is 2. The summed E-state index contributed by atoms with van der Waals surface area (Å²) in [6.07, 6.45) is -4.03. The Bertz CT molecular complexity index is 1160. The molecule has 38 heavy (non-hydrogen) atoms. The Hall–Kier alpha value is -3.57. The molecule has 1 amide bonds. The third-order valence-corrected chi connectivity index (χ3v) is 5.89. The highest BCUT2D eigenvalue weighted by Gasteiger charge is 2.44. The summed E-state index contributed by atoms with van der Waals surface area (Å²) in [5.74, 6) is -4.31. The Balaban J connectivity index is 2.13. The van der Waals surface area contributed by atoms with Crippen LogP contribution in [0.3, 0.4) is 0 Å². The SMILES string of the molecule is CCOC(=O)c1c(N(C)C(=O)C(F)(F)F)nc(N2CCCC(C(=O)OC(C)(C)C)C2)n1Cc1ccccc1. The van der Waals surface area contributed by atoms with E-state index >= 15 is 0 Å². The van der Waals surface area contributed by atoms with Crippen LogP contribution in [0, 0.1) is 5.92 Å². The fourth-order valence-corrected chi connectivity index (χ4v) is 4.24. The monoisotopic (exact) mass is 538 g/mol. The van der Waals surface area contributed by atoms with Gasteiger partial charge in [-0.05, 0) is 46.1 Å². The highest BCUT2D eigenvalue weighted by Crippen LogP contribution is 2.33. The van der Waals surface area contributed by atoms with Gasteiger partial charge in [-0.2, -0.15) is 18.2 Å². The lowest BCUT2D eigenvalue weighted by Crippen LogP contribution is -2.42. The fraction of sp³-hybridized carbons (Fsp3) is 0.538. The zero-order valence-corrected chi connectivity index (χ0v) is 22.2. The van der Waals surface area contributed by atoms with Gasteiger partial charge in [0.1, 0.15) is 5.60 Å². The second kappa shape index (κ2) is 11.4. The van der Waals surface area contributed by atoms with Crippen LogP contribution in [-0.4, -0.2) is 65.9 Å². The van der Waals surface area contributed by atoms with E-state index in [0.717, 1.165) is 12.6 Å². The van der Waals surface area contributed by atoms with E-state index in [0.29, 0.717) is 24.3 Å². The van der Waals surface area contributed by atoms with E-state index in [-0.39, 0.29) is 31.3 Å². The molecule has 1 fully saturated rings. The standard InChI is InChI=1S/C26H33F3N4O5/c1-6-37-22(35)19-20(31(5)23(36)26(27,28)29)30-24(33(19)15-17-11-8-7-9-12-17)32-14-10-13-18(16-32)21(34)38-25(2,3)4/h7-9,11-12,18H,6,10,13-16H2,1-5H3. The number of hydrogen-bond donors (Lipinski definition) is 0. The molecular formula is C26H33F3N4O5. The number of carbonyl (C=O) groups excluding carboxylic acids is 3. The first kappa shape index (κ1) is 29.0. The van der Waals surface area contributed by atoms with Gasteiger partial charge in [0, 0.05) is 20.1 Å². The first-order chi connectivity index (χ1) is 17.7. The maximum atomic E-state index is 13.3. The summed E-state index contributed by atoms with van der Waals surface area (Å²) in [5.41, 5.74) is -0.227. The van der Waals surface area contributed by atoms with Crippen LogP contribution < -0.4 is 9.80 Å². The van der Waals surface area contributed by atoms with Crippen LogP contribution in [0.25, 0.3) is 0 Å². The average Bonchev–Trinajstić information content (AvgIpc) is 3.21. The summed E-state index contributed by atoms with van der Waals surface area (Å²) in [6.45, 7) is 7.51. The van der Waals surface area contributed by atoms with Crippen LogP contribution in [0.5, 0.6) is 0 Å². The number of hydrogen-bond acceptors (Lipinski definition) is 7. The minimum Gasteiger partial charge on any atom is -0.461 e. The molecule has 12 heteroatoms. The van der Waals surface area contributed by atoms with Gasteiger partial charge in [0.2, 0.25) is 5.95 Å². The van der Waals surface area contributed by atoms with E-state index in [9.17, 15) is 27.6 Å². The van der Waals surface area contributed by atoms with Crippen LogP contribution in [0.15, 0.2) is 30.3 Å². The topological polar surface area (TPSA) is 94.0 Å². The maximum Gasteiger partial charge on any atom is 0.471 e. The van der Waals surface area contributed by atoms with Gasteiger partial charge in [-0.25, -0.2) is 4.79 Å². The Morgan fingerprint density at radius 1 is 1.13 bits per heavy atom. The Morgan fingerprint density at radius 3 is 2.37 bits per heavy atom. The van der Waals surface area contributed by atoms with Crippen molar-refractivity contribution in [3.63, 3.8) is 0 Å². The molecular weight excluding hydrogens is 505 g/mol. The van der Waals surface area contributed by atoms with E-state index in [2.05, 4.69) is 4.98 Å². The van der Waals surface area contributed by atoms with Gasteiger partial charge in [-0.15, -0.1) is 0 Å². The van der Waals surface area contributed by atoms with Gasteiger partial charge in [-0.3, -0.25) is 19.1 Å². The quantitative estimate of drug-likeness (QED) is 0.488. The van der Waals surface area contributed by atoms with E-state index in [4.69, 9.17) is 9.47 Å². The number of piperidine rings is 1. The number of amides is 1. The van der Waals surface area contributed by atoms with E-state index in [1.54, 1.807) is 56.9 Å². The molecule has 1 aromatic heterocycles. The largest absolute Gasteiger partial charge is 0.471 e. The molecule has 1 aliphatic heterocycles. The molecule has 0 saturated carbocycles. The van der Waals surface area contributed by atoms with Crippen LogP contribution in [0.4, 0.5) is 24.9 Å². The van der Waals surface area contributed by atoms with Crippen LogP contribution in [0.1, 0.15) is 56.6 Å². The van der Waals surface area contributed by atoms with Crippen molar-refractivity contribution in [2.75, 3.05) is 36.5 Å². The van der Waals surface area contributed by atoms with E-state index < -0.39 is 41.4 Å². The normalized spacial score (nSPS) is 16.2. The van der Waals surface area contributed by atoms with E-state index in [1.807, 2.05) is 6.07 Å². The summed E-state index contributed by atoms with van der Waals surface area (Å²) in [6, 6.07) is 8.97. The predicted octanol–water partition coefficient (Wildman–Crippen LogP) is 4.19. The molecule has 1 aliphatic rings. The number of ether oxygens (including phenoxy) is 2. The zero-order chi connectivity index (χ0) is 28.3. The molecule has 3 rings (SSSR count). The number of carbonyl (C=O) groups is 3. The molecule has 1 atom stereocenters. The molecule has 1 aromatic carbocycles. The van der Waals surface area contributed by atoms with Gasteiger partial charge in [0.25, 0.3) is 0 Å². The Kier molecular flexibility index (Phi) is 8.73. The molecule has 0 N–H and O–H groups in total. The lowest BCUT2D eigenvalue weighted by molar-refractivity contribution is -0.170. The van der Waals surface area contributed by atoms with Gasteiger partial charge in [-0.1, -0.05) is 30.3 Å². The number of benzene rings is 1. The molecule has 1 unspecified atom stereocenters. The molecule has 1 saturated heterocycles. The van der Waals surface area contributed by atoms with Gasteiger partial charge in [0.15, 0.2) is 11.5 Å². The number of esters is 2. The Morgan fingerprint density at radius 2 is 1.79 bits per heavy atom. The number of rotatable bonds is 7.